The number of carbonyl (C=O) groups excluding carboxylic acids is 5. The number of fused-ring (bicyclic) bond motifs is 1. The quantitative estimate of drug-likeness (QED) is 0.636. The van der Waals surface area contributed by atoms with Crippen LogP contribution in [0.2, 0.25) is 0 Å². The van der Waals surface area contributed by atoms with Gasteiger partial charge in [-0.25, -0.2) is 0 Å². The Hall–Kier alpha value is -4.15. The first-order valence-corrected chi connectivity index (χ1v) is 9.93. The summed E-state index contributed by atoms with van der Waals surface area (Å²) in [5.41, 5.74) is 0.279. The van der Waals surface area contributed by atoms with E-state index in [1.165, 1.54) is 42.5 Å². The lowest BCUT2D eigenvalue weighted by Crippen LogP contribution is -2.54. The van der Waals surface area contributed by atoms with E-state index in [1.807, 2.05) is 0 Å². The van der Waals surface area contributed by atoms with Gasteiger partial charge in [0.2, 0.25) is 11.8 Å². The van der Waals surface area contributed by atoms with Crippen LogP contribution >= 0.6 is 0 Å². The summed E-state index contributed by atoms with van der Waals surface area (Å²) in [6.07, 6.45) is 0.00987. The van der Waals surface area contributed by atoms with Gasteiger partial charge >= 0.3 is 6.61 Å². The first-order valence-electron chi connectivity index (χ1n) is 9.93. The number of carbonyl (C=O) groups is 5. The fraction of sp³-hybridized carbons (Fsp3) is 0.227. The molecular weight excluding hydrogens is 440 g/mol. The van der Waals surface area contributed by atoms with Gasteiger partial charge in [-0.1, -0.05) is 24.3 Å². The van der Waals surface area contributed by atoms with Gasteiger partial charge in [0.15, 0.2) is 0 Å². The predicted molar refractivity (Wildman–Crippen MR) is 107 cm³/mol. The zero-order valence-electron chi connectivity index (χ0n) is 17.0. The van der Waals surface area contributed by atoms with E-state index in [0.29, 0.717) is 5.56 Å². The first-order chi connectivity index (χ1) is 15.8. The van der Waals surface area contributed by atoms with Gasteiger partial charge in [-0.05, 0) is 30.2 Å². The molecule has 0 bridgehead atoms. The lowest BCUT2D eigenvalue weighted by molar-refractivity contribution is -0.136. The zero-order chi connectivity index (χ0) is 23.7. The van der Waals surface area contributed by atoms with Gasteiger partial charge in [0.25, 0.3) is 17.7 Å². The van der Waals surface area contributed by atoms with Gasteiger partial charge in [-0.15, -0.1) is 0 Å². The van der Waals surface area contributed by atoms with Crippen LogP contribution in [0.15, 0.2) is 42.5 Å². The maximum atomic E-state index is 13.1. The molecule has 0 spiro atoms. The molecule has 1 atom stereocenters. The summed E-state index contributed by atoms with van der Waals surface area (Å²) in [4.78, 5) is 62.9. The Kier molecular flexibility index (Phi) is 5.86. The number of alkyl halides is 2. The maximum absolute atomic E-state index is 13.1. The minimum atomic E-state index is -3.11. The van der Waals surface area contributed by atoms with Gasteiger partial charge in [0.05, 0.1) is 16.7 Å². The van der Waals surface area contributed by atoms with Crippen molar-refractivity contribution in [3.05, 3.63) is 64.7 Å². The van der Waals surface area contributed by atoms with E-state index in [9.17, 15) is 32.8 Å². The average Bonchev–Trinajstić information content (AvgIpc) is 3.03. The number of amides is 5. The summed E-state index contributed by atoms with van der Waals surface area (Å²) < 4.78 is 29.6. The molecule has 5 amide bonds. The highest BCUT2D eigenvalue weighted by Gasteiger charge is 2.45. The summed E-state index contributed by atoms with van der Waals surface area (Å²) in [6.45, 7) is -3.30. The predicted octanol–water partition coefficient (Wildman–Crippen LogP) is 1.62. The van der Waals surface area contributed by atoms with Gasteiger partial charge in [-0.2, -0.15) is 8.78 Å². The Bertz CT molecular complexity index is 1180. The molecule has 2 aliphatic heterocycles. The molecule has 11 heteroatoms. The molecule has 0 radical (unpaired) electrons. The van der Waals surface area contributed by atoms with Crippen LogP contribution in [0, 0.1) is 0 Å². The third-order valence-electron chi connectivity index (χ3n) is 5.34. The van der Waals surface area contributed by atoms with Crippen LogP contribution < -0.4 is 15.4 Å². The molecule has 2 aromatic carbocycles. The molecule has 2 N–H and O–H groups in total. The second kappa shape index (κ2) is 8.77. The van der Waals surface area contributed by atoms with Crippen LogP contribution in [0.3, 0.4) is 0 Å². The molecule has 4 rings (SSSR count). The highest BCUT2D eigenvalue weighted by Crippen LogP contribution is 2.30. The van der Waals surface area contributed by atoms with Gasteiger partial charge < -0.3 is 10.1 Å². The molecule has 33 heavy (non-hydrogen) atoms. The van der Waals surface area contributed by atoms with E-state index in [4.69, 9.17) is 0 Å². The monoisotopic (exact) mass is 457 g/mol. The van der Waals surface area contributed by atoms with Crippen LogP contribution in [0.25, 0.3) is 0 Å². The molecule has 0 aliphatic carbocycles. The summed E-state index contributed by atoms with van der Waals surface area (Å²) in [5.74, 6) is -3.62. The highest BCUT2D eigenvalue weighted by molar-refractivity contribution is 6.24. The largest absolute Gasteiger partial charge is 0.434 e. The Morgan fingerprint density at radius 2 is 1.85 bits per heavy atom. The average molecular weight is 457 g/mol. The van der Waals surface area contributed by atoms with E-state index >= 15 is 0 Å². The molecule has 0 saturated carbocycles. The first kappa shape index (κ1) is 22.1. The van der Waals surface area contributed by atoms with Crippen molar-refractivity contribution in [1.82, 2.24) is 15.5 Å². The maximum Gasteiger partial charge on any atom is 0.387 e. The number of nitrogens with zero attached hydrogens (tertiary/aromatic N) is 1. The smallest absolute Gasteiger partial charge is 0.387 e. The Balaban J connectivity index is 1.55. The fourth-order valence-corrected chi connectivity index (χ4v) is 3.86. The van der Waals surface area contributed by atoms with Crippen molar-refractivity contribution in [2.24, 2.45) is 0 Å². The molecule has 170 valence electrons. The van der Waals surface area contributed by atoms with Crippen molar-refractivity contribution in [2.45, 2.75) is 32.0 Å². The van der Waals surface area contributed by atoms with Gasteiger partial charge in [0.1, 0.15) is 11.8 Å². The van der Waals surface area contributed by atoms with Crippen LogP contribution in [0.4, 0.5) is 8.78 Å². The number of piperidine rings is 1. The third-order valence-corrected chi connectivity index (χ3v) is 5.34. The molecular formula is C22H17F2N3O6. The topological polar surface area (TPSA) is 122 Å². The summed E-state index contributed by atoms with van der Waals surface area (Å²) in [5, 5.41) is 4.65. The number of imide groups is 2. The second-order valence-corrected chi connectivity index (χ2v) is 7.34. The normalized spacial score (nSPS) is 17.8. The number of ether oxygens (including phenoxy) is 1. The highest BCUT2D eigenvalue weighted by atomic mass is 19.3. The fourth-order valence-electron chi connectivity index (χ4n) is 3.86. The molecule has 0 aromatic heterocycles. The molecule has 1 unspecified atom stereocenters. The number of hydrogen-bond acceptors (Lipinski definition) is 6. The lowest BCUT2D eigenvalue weighted by atomic mass is 10.0. The van der Waals surface area contributed by atoms with Crippen molar-refractivity contribution < 1.29 is 37.5 Å². The number of rotatable bonds is 6. The van der Waals surface area contributed by atoms with Crippen molar-refractivity contribution in [1.29, 1.82) is 0 Å². The third kappa shape index (κ3) is 4.16. The Labute approximate surface area is 185 Å². The minimum Gasteiger partial charge on any atom is -0.434 e. The van der Waals surface area contributed by atoms with Gasteiger partial charge in [-0.3, -0.25) is 34.2 Å². The number of para-hydroxylation sites is 1. The van der Waals surface area contributed by atoms with E-state index in [-0.39, 0.29) is 41.8 Å². The van der Waals surface area contributed by atoms with Crippen LogP contribution in [0.1, 0.15) is 49.5 Å². The van der Waals surface area contributed by atoms with Crippen molar-refractivity contribution >= 4 is 29.5 Å². The van der Waals surface area contributed by atoms with Crippen LogP contribution in [-0.2, 0) is 16.1 Å². The molecule has 2 aromatic rings. The molecule has 1 saturated heterocycles. The minimum absolute atomic E-state index is 0.00712. The molecule has 2 heterocycles. The second-order valence-electron chi connectivity index (χ2n) is 7.34. The van der Waals surface area contributed by atoms with Gasteiger partial charge in [0, 0.05) is 13.0 Å². The SMILES string of the molecule is O=C1CCC(N2C(=O)c3cccc(CNC(=O)c4ccccc4OC(F)F)c3C2=O)C(=O)N1. The summed E-state index contributed by atoms with van der Waals surface area (Å²) in [7, 11) is 0. The molecule has 1 fully saturated rings. The lowest BCUT2D eigenvalue weighted by Gasteiger charge is -2.27. The Morgan fingerprint density at radius 3 is 2.58 bits per heavy atom. The van der Waals surface area contributed by atoms with E-state index < -0.39 is 42.2 Å². The summed E-state index contributed by atoms with van der Waals surface area (Å²) >= 11 is 0. The number of halogens is 2. The molecule has 9 nitrogen and oxygen atoms in total. The van der Waals surface area contributed by atoms with Crippen LogP contribution in [-0.4, -0.2) is 47.1 Å². The number of benzene rings is 2. The van der Waals surface area contributed by atoms with Crippen molar-refractivity contribution in [3.63, 3.8) is 0 Å². The number of nitrogens with one attached hydrogen (secondary N) is 2. The van der Waals surface area contributed by atoms with Crippen molar-refractivity contribution in [2.75, 3.05) is 0 Å². The number of hydrogen-bond donors (Lipinski definition) is 2. The zero-order valence-corrected chi connectivity index (χ0v) is 17.0. The van der Waals surface area contributed by atoms with E-state index in [0.717, 1.165) is 4.90 Å². The molecule has 2 aliphatic rings. The van der Waals surface area contributed by atoms with Crippen molar-refractivity contribution in [3.8, 4) is 5.75 Å². The van der Waals surface area contributed by atoms with E-state index in [2.05, 4.69) is 15.4 Å². The summed E-state index contributed by atoms with van der Waals surface area (Å²) in [6, 6.07) is 8.81. The standard InChI is InChI=1S/C22H17F2N3O6/c23-22(24)33-15-7-2-1-5-12(15)18(29)25-10-11-4-3-6-13-17(11)21(32)27(20(13)31)14-8-9-16(28)26-19(14)30/h1-7,14,22H,8-10H2,(H,25,29)(H,26,28,30). The van der Waals surface area contributed by atoms with E-state index in [1.54, 1.807) is 0 Å². The Morgan fingerprint density at radius 1 is 1.09 bits per heavy atom. The van der Waals surface area contributed by atoms with Crippen LogP contribution in [0.5, 0.6) is 5.75 Å².